The molecule has 2 rings (SSSR count). The first-order valence-electron chi connectivity index (χ1n) is 5.82. The second-order valence-electron chi connectivity index (χ2n) is 4.48. The van der Waals surface area contributed by atoms with Gasteiger partial charge in [-0.05, 0) is 24.1 Å². The van der Waals surface area contributed by atoms with E-state index in [4.69, 9.17) is 0 Å². The first-order chi connectivity index (χ1) is 8.97. The Morgan fingerprint density at radius 1 is 1.42 bits per heavy atom. The van der Waals surface area contributed by atoms with Crippen LogP contribution in [0.15, 0.2) is 28.7 Å². The van der Waals surface area contributed by atoms with E-state index < -0.39 is 5.91 Å². The normalized spacial score (nSPS) is 10.7. The third kappa shape index (κ3) is 3.14. The molecule has 5 nitrogen and oxygen atoms in total. The summed E-state index contributed by atoms with van der Waals surface area (Å²) in [6.45, 7) is 4.05. The van der Waals surface area contributed by atoms with Gasteiger partial charge in [-0.3, -0.25) is 9.89 Å². The monoisotopic (exact) mass is 323 g/mol. The molecule has 1 aromatic heterocycles. The number of aromatic amines is 1. The number of halogens is 1. The summed E-state index contributed by atoms with van der Waals surface area (Å²) in [6, 6.07) is 6.46. The van der Waals surface area contributed by atoms with Crippen molar-refractivity contribution in [1.29, 1.82) is 0 Å². The Morgan fingerprint density at radius 3 is 2.79 bits per heavy atom. The number of aromatic nitrogens is 2. The third-order valence-electron chi connectivity index (χ3n) is 2.66. The van der Waals surface area contributed by atoms with Crippen LogP contribution in [-0.4, -0.2) is 21.2 Å². The lowest BCUT2D eigenvalue weighted by Gasteiger charge is -2.04. The summed E-state index contributed by atoms with van der Waals surface area (Å²) < 4.78 is 0.723. The van der Waals surface area contributed by atoms with Gasteiger partial charge >= 0.3 is 0 Å². The second-order valence-corrected chi connectivity index (χ2v) is 5.39. The van der Waals surface area contributed by atoms with Crippen LogP contribution in [0, 0.1) is 0 Å². The summed E-state index contributed by atoms with van der Waals surface area (Å²) in [5, 5.41) is 19.2. The number of carbonyl (C=O) groups is 1. The van der Waals surface area contributed by atoms with Gasteiger partial charge in [-0.1, -0.05) is 29.8 Å². The maximum atomic E-state index is 12.0. The number of benzene rings is 1. The van der Waals surface area contributed by atoms with Crippen LogP contribution in [0.2, 0.25) is 0 Å². The van der Waals surface area contributed by atoms with Crippen molar-refractivity contribution in [2.75, 3.05) is 5.32 Å². The van der Waals surface area contributed by atoms with Crippen LogP contribution in [-0.2, 0) is 0 Å². The van der Waals surface area contributed by atoms with Crippen LogP contribution in [0.4, 0.5) is 5.82 Å². The Hall–Kier alpha value is -1.82. The average molecular weight is 324 g/mol. The predicted octanol–water partition coefficient (Wildman–Crippen LogP) is 3.25. The number of hydrogen-bond donors (Lipinski definition) is 3. The molecule has 0 bridgehead atoms. The molecule has 3 N–H and O–H groups in total. The van der Waals surface area contributed by atoms with E-state index >= 15 is 0 Å². The van der Waals surface area contributed by atoms with Crippen molar-refractivity contribution >= 4 is 27.7 Å². The quantitative estimate of drug-likeness (QED) is 0.811. The van der Waals surface area contributed by atoms with Crippen LogP contribution in [0.5, 0.6) is 5.75 Å². The predicted molar refractivity (Wildman–Crippen MR) is 76.4 cm³/mol. The molecule has 0 spiro atoms. The van der Waals surface area contributed by atoms with Crippen molar-refractivity contribution in [3.8, 4) is 5.75 Å². The van der Waals surface area contributed by atoms with Gasteiger partial charge in [-0.2, -0.15) is 5.10 Å². The molecule has 1 amide bonds. The standard InChI is InChI=1S/C13H14BrN3O2/c1-7(2)10-6-12(17-16-10)15-13(19)9-5-8(14)3-4-11(9)18/h3-7,18H,1-2H3,(H2,15,16,17,19). The van der Waals surface area contributed by atoms with E-state index in [9.17, 15) is 9.90 Å². The summed E-state index contributed by atoms with van der Waals surface area (Å²) >= 11 is 3.26. The molecule has 0 fully saturated rings. The number of phenolic OH excluding ortho intramolecular Hbond substituents is 1. The Labute approximate surface area is 119 Å². The van der Waals surface area contributed by atoms with Gasteiger partial charge in [0.2, 0.25) is 0 Å². The zero-order valence-electron chi connectivity index (χ0n) is 10.6. The fraction of sp³-hybridized carbons (Fsp3) is 0.231. The smallest absolute Gasteiger partial charge is 0.260 e. The Balaban J connectivity index is 2.18. The van der Waals surface area contributed by atoms with E-state index in [2.05, 4.69) is 31.4 Å². The molecule has 1 heterocycles. The SMILES string of the molecule is CC(C)c1cc(NC(=O)c2cc(Br)ccc2O)n[nH]1. The van der Waals surface area contributed by atoms with Crippen molar-refractivity contribution < 1.29 is 9.90 Å². The van der Waals surface area contributed by atoms with Crippen LogP contribution < -0.4 is 5.32 Å². The lowest BCUT2D eigenvalue weighted by atomic mass is 10.1. The molecule has 0 aliphatic heterocycles. The molecule has 0 radical (unpaired) electrons. The number of phenols is 1. The number of hydrogen-bond acceptors (Lipinski definition) is 3. The van der Waals surface area contributed by atoms with Crippen molar-refractivity contribution in [3.05, 3.63) is 40.0 Å². The van der Waals surface area contributed by atoms with Gasteiger partial charge < -0.3 is 10.4 Å². The van der Waals surface area contributed by atoms with E-state index in [1.807, 2.05) is 13.8 Å². The van der Waals surface area contributed by atoms with Gasteiger partial charge in [0.25, 0.3) is 5.91 Å². The Kier molecular flexibility index (Phi) is 3.90. The molecule has 1 aromatic carbocycles. The molecular formula is C13H14BrN3O2. The summed E-state index contributed by atoms with van der Waals surface area (Å²) in [4.78, 5) is 12.0. The van der Waals surface area contributed by atoms with Crippen LogP contribution in [0.25, 0.3) is 0 Å². The molecular weight excluding hydrogens is 310 g/mol. The molecule has 19 heavy (non-hydrogen) atoms. The molecule has 0 saturated heterocycles. The minimum Gasteiger partial charge on any atom is -0.507 e. The first kappa shape index (κ1) is 13.6. The van der Waals surface area contributed by atoms with Crippen LogP contribution >= 0.6 is 15.9 Å². The van der Waals surface area contributed by atoms with Crippen molar-refractivity contribution in [1.82, 2.24) is 10.2 Å². The van der Waals surface area contributed by atoms with Gasteiger partial charge in [-0.25, -0.2) is 0 Å². The van der Waals surface area contributed by atoms with E-state index in [0.717, 1.165) is 10.2 Å². The number of rotatable bonds is 3. The highest BCUT2D eigenvalue weighted by Gasteiger charge is 2.13. The molecule has 0 saturated carbocycles. The van der Waals surface area contributed by atoms with Gasteiger partial charge in [0.05, 0.1) is 5.56 Å². The fourth-order valence-corrected chi connectivity index (χ4v) is 1.93. The highest BCUT2D eigenvalue weighted by Crippen LogP contribution is 2.23. The van der Waals surface area contributed by atoms with Gasteiger partial charge in [0.15, 0.2) is 5.82 Å². The summed E-state index contributed by atoms with van der Waals surface area (Å²) in [5.74, 6) is 0.270. The Morgan fingerprint density at radius 2 is 2.16 bits per heavy atom. The van der Waals surface area contributed by atoms with E-state index in [-0.39, 0.29) is 11.3 Å². The average Bonchev–Trinajstić information content (AvgIpc) is 2.80. The minimum absolute atomic E-state index is 0.0691. The minimum atomic E-state index is -0.402. The fourth-order valence-electron chi connectivity index (χ4n) is 1.57. The Bertz CT molecular complexity index is 608. The third-order valence-corrected chi connectivity index (χ3v) is 3.16. The van der Waals surface area contributed by atoms with Gasteiger partial charge in [-0.15, -0.1) is 0 Å². The maximum Gasteiger partial charge on any atom is 0.260 e. The van der Waals surface area contributed by atoms with Crippen LogP contribution in [0.1, 0.15) is 35.8 Å². The van der Waals surface area contributed by atoms with Crippen molar-refractivity contribution in [2.24, 2.45) is 0 Å². The summed E-state index contributed by atoms with van der Waals surface area (Å²) in [7, 11) is 0. The summed E-state index contributed by atoms with van der Waals surface area (Å²) in [6.07, 6.45) is 0. The molecule has 0 atom stereocenters. The molecule has 2 aromatic rings. The van der Waals surface area contributed by atoms with Gasteiger partial charge in [0.1, 0.15) is 5.75 Å². The second kappa shape index (κ2) is 5.44. The van der Waals surface area contributed by atoms with Crippen LogP contribution in [0.3, 0.4) is 0 Å². The highest BCUT2D eigenvalue weighted by molar-refractivity contribution is 9.10. The topological polar surface area (TPSA) is 78.0 Å². The van der Waals surface area contributed by atoms with Crippen molar-refractivity contribution in [2.45, 2.75) is 19.8 Å². The number of nitrogens with zero attached hydrogens (tertiary/aromatic N) is 1. The molecule has 0 aliphatic carbocycles. The zero-order chi connectivity index (χ0) is 14.0. The zero-order valence-corrected chi connectivity index (χ0v) is 12.2. The van der Waals surface area contributed by atoms with Gasteiger partial charge in [0, 0.05) is 16.2 Å². The van der Waals surface area contributed by atoms with E-state index in [1.54, 1.807) is 18.2 Å². The van der Waals surface area contributed by atoms with Crippen molar-refractivity contribution in [3.63, 3.8) is 0 Å². The molecule has 6 heteroatoms. The maximum absolute atomic E-state index is 12.0. The largest absolute Gasteiger partial charge is 0.507 e. The number of aromatic hydroxyl groups is 1. The number of nitrogens with one attached hydrogen (secondary N) is 2. The number of anilines is 1. The summed E-state index contributed by atoms with van der Waals surface area (Å²) in [5.41, 5.74) is 1.14. The molecule has 0 unspecified atom stereocenters. The number of H-pyrrole nitrogens is 1. The molecule has 0 aliphatic rings. The molecule has 100 valence electrons. The van der Waals surface area contributed by atoms with E-state index in [1.165, 1.54) is 6.07 Å². The number of amides is 1. The number of carbonyl (C=O) groups excluding carboxylic acids is 1. The lowest BCUT2D eigenvalue weighted by molar-refractivity contribution is 0.102. The van der Waals surface area contributed by atoms with E-state index in [0.29, 0.717) is 11.7 Å². The highest BCUT2D eigenvalue weighted by atomic mass is 79.9. The first-order valence-corrected chi connectivity index (χ1v) is 6.62. The lowest BCUT2D eigenvalue weighted by Crippen LogP contribution is -2.12.